The summed E-state index contributed by atoms with van der Waals surface area (Å²) in [6.07, 6.45) is 1.17. The van der Waals surface area contributed by atoms with Crippen LogP contribution in [0.1, 0.15) is 12.0 Å². The first-order chi connectivity index (χ1) is 8.91. The standard InChI is InChI=1S/C13H17NO4S/c1-4-14(10-9-13(15)18-3)19(16,17)12-7-5-11(2)6-8-12/h4-8H,1,9-10H2,2-3H3. The van der Waals surface area contributed by atoms with Crippen molar-refractivity contribution in [3.8, 4) is 0 Å². The molecule has 1 rings (SSSR count). The SMILES string of the molecule is C=CN(CCC(=O)OC)S(=O)(=O)c1ccc(C)cc1. The smallest absolute Gasteiger partial charge is 0.307 e. The largest absolute Gasteiger partial charge is 0.469 e. The van der Waals surface area contributed by atoms with Gasteiger partial charge in [-0.3, -0.25) is 9.10 Å². The molecule has 0 heterocycles. The number of methoxy groups -OCH3 is 1. The summed E-state index contributed by atoms with van der Waals surface area (Å²) >= 11 is 0. The van der Waals surface area contributed by atoms with Crippen LogP contribution in [0.5, 0.6) is 0 Å². The summed E-state index contributed by atoms with van der Waals surface area (Å²) in [4.78, 5) is 11.2. The second-order valence-electron chi connectivity index (χ2n) is 3.94. The Balaban J connectivity index is 2.92. The van der Waals surface area contributed by atoms with Gasteiger partial charge in [-0.25, -0.2) is 8.42 Å². The molecular weight excluding hydrogens is 266 g/mol. The van der Waals surface area contributed by atoms with Gasteiger partial charge >= 0.3 is 5.97 Å². The molecule has 0 aliphatic carbocycles. The number of carbonyl (C=O) groups is 1. The lowest BCUT2D eigenvalue weighted by Crippen LogP contribution is -2.28. The molecule has 0 saturated carbocycles. The van der Waals surface area contributed by atoms with Crippen molar-refractivity contribution in [2.24, 2.45) is 0 Å². The number of carbonyl (C=O) groups excluding carboxylic acids is 1. The highest BCUT2D eigenvalue weighted by Gasteiger charge is 2.21. The van der Waals surface area contributed by atoms with Crippen molar-refractivity contribution in [3.05, 3.63) is 42.6 Å². The Kier molecular flexibility index (Phi) is 5.11. The molecule has 0 fully saturated rings. The van der Waals surface area contributed by atoms with Gasteiger partial charge in [-0.05, 0) is 19.1 Å². The van der Waals surface area contributed by atoms with Crippen LogP contribution in [-0.4, -0.2) is 32.3 Å². The van der Waals surface area contributed by atoms with Crippen molar-refractivity contribution in [2.75, 3.05) is 13.7 Å². The summed E-state index contributed by atoms with van der Waals surface area (Å²) in [5.74, 6) is -0.467. The van der Waals surface area contributed by atoms with Crippen LogP contribution in [0, 0.1) is 6.92 Å². The summed E-state index contributed by atoms with van der Waals surface area (Å²) in [6.45, 7) is 5.35. The number of esters is 1. The lowest BCUT2D eigenvalue weighted by Gasteiger charge is -2.19. The van der Waals surface area contributed by atoms with E-state index in [2.05, 4.69) is 11.3 Å². The fourth-order valence-electron chi connectivity index (χ4n) is 1.46. The lowest BCUT2D eigenvalue weighted by molar-refractivity contribution is -0.140. The number of rotatable bonds is 6. The lowest BCUT2D eigenvalue weighted by atomic mass is 10.2. The summed E-state index contributed by atoms with van der Waals surface area (Å²) in [5, 5.41) is 0. The summed E-state index contributed by atoms with van der Waals surface area (Å²) in [7, 11) is -2.41. The third kappa shape index (κ3) is 3.82. The van der Waals surface area contributed by atoms with Gasteiger partial charge in [-0.15, -0.1) is 0 Å². The third-order valence-electron chi connectivity index (χ3n) is 2.60. The predicted molar refractivity (Wildman–Crippen MR) is 71.9 cm³/mol. The van der Waals surface area contributed by atoms with Crippen LogP contribution < -0.4 is 0 Å². The van der Waals surface area contributed by atoms with Gasteiger partial charge in [0.15, 0.2) is 0 Å². The van der Waals surface area contributed by atoms with E-state index in [1.807, 2.05) is 6.92 Å². The maximum absolute atomic E-state index is 12.3. The molecule has 1 aromatic rings. The normalized spacial score (nSPS) is 10.8. The second kappa shape index (κ2) is 6.38. The quantitative estimate of drug-likeness (QED) is 0.745. The first-order valence-corrected chi connectivity index (χ1v) is 7.13. The Morgan fingerprint density at radius 1 is 1.37 bits per heavy atom. The molecule has 0 N–H and O–H groups in total. The molecule has 6 heteroatoms. The Morgan fingerprint density at radius 3 is 2.42 bits per heavy atom. The number of benzene rings is 1. The van der Waals surface area contributed by atoms with Gasteiger partial charge in [0.1, 0.15) is 0 Å². The van der Waals surface area contributed by atoms with Gasteiger partial charge in [0.25, 0.3) is 10.0 Å². The van der Waals surface area contributed by atoms with Crippen molar-refractivity contribution in [3.63, 3.8) is 0 Å². The average Bonchev–Trinajstić information content (AvgIpc) is 2.39. The van der Waals surface area contributed by atoms with E-state index in [1.165, 1.54) is 25.4 Å². The Bertz CT molecular complexity index is 549. The monoisotopic (exact) mass is 283 g/mol. The molecular formula is C13H17NO4S. The summed E-state index contributed by atoms with van der Waals surface area (Å²) < 4.78 is 30.1. The molecule has 0 aliphatic rings. The van der Waals surface area contributed by atoms with E-state index in [0.717, 1.165) is 9.87 Å². The number of ether oxygens (including phenoxy) is 1. The third-order valence-corrected chi connectivity index (χ3v) is 4.41. The molecule has 0 aromatic heterocycles. The topological polar surface area (TPSA) is 63.7 Å². The van der Waals surface area contributed by atoms with Gasteiger partial charge in [0.05, 0.1) is 18.4 Å². The molecule has 0 amide bonds. The van der Waals surface area contributed by atoms with Crippen molar-refractivity contribution in [1.29, 1.82) is 0 Å². The Morgan fingerprint density at radius 2 is 1.95 bits per heavy atom. The van der Waals surface area contributed by atoms with Crippen LogP contribution in [0.2, 0.25) is 0 Å². The molecule has 0 radical (unpaired) electrons. The van der Waals surface area contributed by atoms with Crippen LogP contribution in [0.3, 0.4) is 0 Å². The predicted octanol–water partition coefficient (Wildman–Crippen LogP) is 1.69. The molecule has 1 aromatic carbocycles. The first kappa shape index (κ1) is 15.2. The van der Waals surface area contributed by atoms with Crippen molar-refractivity contribution >= 4 is 16.0 Å². The zero-order valence-electron chi connectivity index (χ0n) is 11.0. The van der Waals surface area contributed by atoms with Gasteiger partial charge < -0.3 is 4.74 Å². The highest BCUT2D eigenvalue weighted by atomic mass is 32.2. The zero-order chi connectivity index (χ0) is 14.5. The fourth-order valence-corrected chi connectivity index (χ4v) is 2.74. The van der Waals surface area contributed by atoms with Gasteiger partial charge in [0, 0.05) is 12.7 Å². The van der Waals surface area contributed by atoms with E-state index in [9.17, 15) is 13.2 Å². The fraction of sp³-hybridized carbons (Fsp3) is 0.308. The summed E-state index contributed by atoms with van der Waals surface area (Å²) in [5.41, 5.74) is 0.971. The van der Waals surface area contributed by atoms with Crippen LogP contribution >= 0.6 is 0 Å². The van der Waals surface area contributed by atoms with Crippen LogP contribution in [0.25, 0.3) is 0 Å². The van der Waals surface area contributed by atoms with Crippen molar-refractivity contribution in [1.82, 2.24) is 4.31 Å². The minimum atomic E-state index is -3.66. The molecule has 104 valence electrons. The van der Waals surface area contributed by atoms with E-state index in [1.54, 1.807) is 12.1 Å². The zero-order valence-corrected chi connectivity index (χ0v) is 11.8. The Hall–Kier alpha value is -1.82. The van der Waals surface area contributed by atoms with Gasteiger partial charge in [-0.1, -0.05) is 24.3 Å². The van der Waals surface area contributed by atoms with E-state index in [-0.39, 0.29) is 17.9 Å². The van der Waals surface area contributed by atoms with Crippen LogP contribution in [0.4, 0.5) is 0 Å². The average molecular weight is 283 g/mol. The number of nitrogens with zero attached hydrogens (tertiary/aromatic N) is 1. The second-order valence-corrected chi connectivity index (χ2v) is 5.83. The molecule has 5 nitrogen and oxygen atoms in total. The van der Waals surface area contributed by atoms with Gasteiger partial charge in [0.2, 0.25) is 0 Å². The number of sulfonamides is 1. The minimum Gasteiger partial charge on any atom is -0.469 e. The van der Waals surface area contributed by atoms with E-state index < -0.39 is 16.0 Å². The van der Waals surface area contributed by atoms with E-state index >= 15 is 0 Å². The van der Waals surface area contributed by atoms with Crippen LogP contribution in [0.15, 0.2) is 41.9 Å². The Labute approximate surface area is 113 Å². The summed E-state index contributed by atoms with van der Waals surface area (Å²) in [6, 6.07) is 6.49. The number of hydrogen-bond donors (Lipinski definition) is 0. The van der Waals surface area contributed by atoms with E-state index in [0.29, 0.717) is 0 Å². The molecule has 0 saturated heterocycles. The maximum atomic E-state index is 12.3. The highest BCUT2D eigenvalue weighted by molar-refractivity contribution is 7.89. The highest BCUT2D eigenvalue weighted by Crippen LogP contribution is 2.16. The molecule has 0 unspecified atom stereocenters. The molecule has 0 spiro atoms. The van der Waals surface area contributed by atoms with Crippen molar-refractivity contribution in [2.45, 2.75) is 18.2 Å². The van der Waals surface area contributed by atoms with Crippen LogP contribution in [-0.2, 0) is 19.6 Å². The number of hydrogen-bond acceptors (Lipinski definition) is 4. The minimum absolute atomic E-state index is 0.00633. The number of aryl methyl sites for hydroxylation is 1. The molecule has 0 bridgehead atoms. The van der Waals surface area contributed by atoms with Crippen molar-refractivity contribution < 1.29 is 17.9 Å². The maximum Gasteiger partial charge on any atom is 0.307 e. The molecule has 0 atom stereocenters. The molecule has 19 heavy (non-hydrogen) atoms. The van der Waals surface area contributed by atoms with E-state index in [4.69, 9.17) is 0 Å². The van der Waals surface area contributed by atoms with Gasteiger partial charge in [-0.2, -0.15) is 0 Å². The first-order valence-electron chi connectivity index (χ1n) is 5.69. The molecule has 0 aliphatic heterocycles.